The topological polar surface area (TPSA) is 45.1 Å². The smallest absolute Gasteiger partial charge is 0.460 e. The van der Waals surface area contributed by atoms with Gasteiger partial charge in [-0.1, -0.05) is 17.8 Å². The fourth-order valence-electron chi connectivity index (χ4n) is 3.23. The molecule has 1 aliphatic heterocycles. The molecule has 1 saturated heterocycles. The molecule has 1 heterocycles. The number of hydrogen-bond acceptors (Lipinski definition) is 4. The summed E-state index contributed by atoms with van der Waals surface area (Å²) in [6.07, 6.45) is -5.98. The van der Waals surface area contributed by atoms with E-state index in [0.717, 1.165) is 0 Å². The molecular weight excluding hydrogens is 417 g/mol. The summed E-state index contributed by atoms with van der Waals surface area (Å²) in [6, 6.07) is 3.81. The Balaban J connectivity index is 1.84. The van der Waals surface area contributed by atoms with Crippen molar-refractivity contribution in [1.82, 2.24) is 4.90 Å². The Bertz CT molecular complexity index is 815. The van der Waals surface area contributed by atoms with Crippen LogP contribution in [0.3, 0.4) is 0 Å². The van der Waals surface area contributed by atoms with E-state index in [1.807, 2.05) is 0 Å². The van der Waals surface area contributed by atoms with Crippen molar-refractivity contribution in [3.8, 4) is 5.75 Å². The Hall–Kier alpha value is -1.69. The highest BCUT2D eigenvalue weighted by Gasteiger charge is 2.73. The van der Waals surface area contributed by atoms with Crippen LogP contribution in [0.4, 0.5) is 30.7 Å². The van der Waals surface area contributed by atoms with Gasteiger partial charge in [-0.25, -0.2) is 0 Å². The maximum absolute atomic E-state index is 13.4. The van der Waals surface area contributed by atoms with Crippen LogP contribution in [0.15, 0.2) is 23.2 Å². The van der Waals surface area contributed by atoms with Crippen molar-refractivity contribution in [3.63, 3.8) is 0 Å². The molecule has 1 aromatic rings. The normalized spacial score (nSPS) is 26.6. The van der Waals surface area contributed by atoms with E-state index in [4.69, 9.17) is 0 Å². The third-order valence-corrected chi connectivity index (χ3v) is 6.25. The van der Waals surface area contributed by atoms with Crippen molar-refractivity contribution >= 4 is 16.9 Å². The fraction of sp³-hybridized carbons (Fsp3) is 0.562. The minimum absolute atomic E-state index is 0.301. The number of ether oxygens (including phenoxy) is 1. The lowest BCUT2D eigenvalue weighted by Gasteiger charge is -2.32. The number of rotatable bonds is 4. The molecule has 28 heavy (non-hydrogen) atoms. The molecule has 0 radical (unpaired) electrons. The van der Waals surface area contributed by atoms with Crippen LogP contribution in [-0.4, -0.2) is 59.1 Å². The maximum atomic E-state index is 13.4. The van der Waals surface area contributed by atoms with Gasteiger partial charge in [-0.05, 0) is 24.1 Å². The van der Waals surface area contributed by atoms with Crippen LogP contribution in [-0.2, 0) is 12.1 Å². The van der Waals surface area contributed by atoms with E-state index in [0.29, 0.717) is 22.7 Å². The van der Waals surface area contributed by atoms with Gasteiger partial charge in [-0.2, -0.15) is 30.7 Å². The number of aliphatic imine (C=N–C) groups is 1. The Labute approximate surface area is 159 Å². The zero-order chi connectivity index (χ0) is 21.1. The Kier molecular flexibility index (Phi) is 4.81. The predicted octanol–water partition coefficient (Wildman–Crippen LogP) is 3.63. The van der Waals surface area contributed by atoms with E-state index < -0.39 is 30.4 Å². The average molecular weight is 432 g/mol. The third kappa shape index (κ3) is 2.92. The van der Waals surface area contributed by atoms with Gasteiger partial charge in [-0.3, -0.25) is 4.99 Å². The third-order valence-electron chi connectivity index (χ3n) is 4.80. The van der Waals surface area contributed by atoms with Crippen LogP contribution >= 0.6 is 11.8 Å². The molecule has 1 fully saturated rings. The first-order valence-corrected chi connectivity index (χ1v) is 8.82. The van der Waals surface area contributed by atoms with Gasteiger partial charge in [0.1, 0.15) is 5.75 Å². The molecule has 2 aliphatic rings. The zero-order valence-electron chi connectivity index (χ0n) is 14.5. The molecule has 0 saturated carbocycles. The molecule has 0 bridgehead atoms. The minimum Gasteiger partial charge on any atom is -0.487 e. The number of hydrogen-bond donors (Lipinski definition) is 1. The number of thioether (sulfide) groups is 1. The fourth-order valence-corrected chi connectivity index (χ4v) is 4.60. The molecule has 0 spiro atoms. The van der Waals surface area contributed by atoms with Crippen molar-refractivity contribution in [2.24, 2.45) is 4.99 Å². The number of aliphatic hydroxyl groups is 1. The van der Waals surface area contributed by atoms with Gasteiger partial charge in [0.25, 0.3) is 0 Å². The molecule has 1 aromatic carbocycles. The number of halogens is 7. The quantitative estimate of drug-likeness (QED) is 0.739. The van der Waals surface area contributed by atoms with Gasteiger partial charge in [0, 0.05) is 19.7 Å². The lowest BCUT2D eigenvalue weighted by molar-refractivity contribution is -0.358. The largest absolute Gasteiger partial charge is 0.487 e. The standard InChI is InChI=1S/C16H15F7N2O2S/c1-24-12-25(2)14(26)10-6-9(4-3-8(10)5-11(14)28-12)27-7-13(17,18)15(19,20)16(21,22)23/h3-4,6,11,26H,5,7H2,1-2H3. The van der Waals surface area contributed by atoms with Crippen LogP contribution in [0.5, 0.6) is 5.75 Å². The molecule has 2 atom stereocenters. The van der Waals surface area contributed by atoms with E-state index in [1.165, 1.54) is 41.9 Å². The summed E-state index contributed by atoms with van der Waals surface area (Å²) in [4.78, 5) is 5.53. The van der Waals surface area contributed by atoms with Gasteiger partial charge in [0.2, 0.25) is 0 Å². The zero-order valence-corrected chi connectivity index (χ0v) is 15.3. The SMILES string of the molecule is CN=C1SC2Cc3ccc(OCC(F)(F)C(F)(F)C(F)(F)F)cc3C2(O)N1C. The summed E-state index contributed by atoms with van der Waals surface area (Å²) in [5.74, 6) is -12.1. The summed E-state index contributed by atoms with van der Waals surface area (Å²) in [5, 5.41) is 11.3. The van der Waals surface area contributed by atoms with Crippen molar-refractivity contribution in [3.05, 3.63) is 29.3 Å². The maximum Gasteiger partial charge on any atom is 0.460 e. The van der Waals surface area contributed by atoms with E-state index in [2.05, 4.69) is 9.73 Å². The molecule has 1 aliphatic carbocycles. The summed E-state index contributed by atoms with van der Waals surface area (Å²) in [6.45, 7) is -2.17. The number of alkyl halides is 7. The van der Waals surface area contributed by atoms with Crippen LogP contribution < -0.4 is 4.74 Å². The van der Waals surface area contributed by atoms with Gasteiger partial charge in [-0.15, -0.1) is 0 Å². The Morgan fingerprint density at radius 2 is 1.89 bits per heavy atom. The molecular formula is C16H15F7N2O2S. The second kappa shape index (κ2) is 6.41. The molecule has 12 heteroatoms. The number of nitrogens with zero attached hydrogens (tertiary/aromatic N) is 2. The van der Waals surface area contributed by atoms with E-state index >= 15 is 0 Å². The van der Waals surface area contributed by atoms with E-state index in [9.17, 15) is 35.8 Å². The second-order valence-corrected chi connectivity index (χ2v) is 7.66. The number of fused-ring (bicyclic) bond motifs is 3. The molecule has 1 N–H and O–H groups in total. The first kappa shape index (κ1) is 21.0. The lowest BCUT2D eigenvalue weighted by atomic mass is 10.0. The summed E-state index contributed by atoms with van der Waals surface area (Å²) >= 11 is 1.32. The highest BCUT2D eigenvalue weighted by Crippen LogP contribution is 2.52. The molecule has 0 amide bonds. The number of amidine groups is 1. The Morgan fingerprint density at radius 3 is 2.46 bits per heavy atom. The van der Waals surface area contributed by atoms with E-state index in [1.54, 1.807) is 7.05 Å². The lowest BCUT2D eigenvalue weighted by Crippen LogP contribution is -2.54. The molecule has 3 rings (SSSR count). The molecule has 0 aromatic heterocycles. The highest BCUT2D eigenvalue weighted by molar-refractivity contribution is 8.14. The van der Waals surface area contributed by atoms with Crippen LogP contribution in [0.1, 0.15) is 11.1 Å². The predicted molar refractivity (Wildman–Crippen MR) is 88.0 cm³/mol. The minimum atomic E-state index is -6.42. The van der Waals surface area contributed by atoms with Crippen LogP contribution in [0.25, 0.3) is 0 Å². The monoisotopic (exact) mass is 432 g/mol. The van der Waals surface area contributed by atoms with Crippen molar-refractivity contribution in [1.29, 1.82) is 0 Å². The van der Waals surface area contributed by atoms with E-state index in [-0.39, 0.29) is 11.0 Å². The van der Waals surface area contributed by atoms with Crippen LogP contribution in [0, 0.1) is 0 Å². The summed E-state index contributed by atoms with van der Waals surface area (Å²) in [5.41, 5.74) is -0.539. The first-order valence-electron chi connectivity index (χ1n) is 7.94. The van der Waals surface area contributed by atoms with Gasteiger partial charge >= 0.3 is 18.0 Å². The van der Waals surface area contributed by atoms with Gasteiger partial charge < -0.3 is 14.7 Å². The first-order chi connectivity index (χ1) is 12.8. The van der Waals surface area contributed by atoms with Crippen molar-refractivity contribution < 1.29 is 40.6 Å². The summed E-state index contributed by atoms with van der Waals surface area (Å²) < 4.78 is 94.0. The molecule has 156 valence electrons. The average Bonchev–Trinajstić information content (AvgIpc) is 3.01. The van der Waals surface area contributed by atoms with Gasteiger partial charge in [0.15, 0.2) is 17.5 Å². The highest BCUT2D eigenvalue weighted by atomic mass is 32.2. The van der Waals surface area contributed by atoms with Gasteiger partial charge in [0.05, 0.1) is 5.25 Å². The molecule has 4 nitrogen and oxygen atoms in total. The second-order valence-electron chi connectivity index (χ2n) is 6.49. The van der Waals surface area contributed by atoms with Crippen molar-refractivity contribution in [2.75, 3.05) is 20.7 Å². The Morgan fingerprint density at radius 1 is 1.25 bits per heavy atom. The van der Waals surface area contributed by atoms with Crippen molar-refractivity contribution in [2.45, 2.75) is 35.4 Å². The summed E-state index contributed by atoms with van der Waals surface area (Å²) in [7, 11) is 3.11. The molecule has 2 unspecified atom stereocenters. The van der Waals surface area contributed by atoms with Crippen LogP contribution in [0.2, 0.25) is 0 Å². The number of benzene rings is 1.